The van der Waals surface area contributed by atoms with Crippen LogP contribution in [-0.4, -0.2) is 38.8 Å². The lowest BCUT2D eigenvalue weighted by Crippen LogP contribution is -2.36. The maximum absolute atomic E-state index is 11.1. The first kappa shape index (κ1) is 16.3. The topological polar surface area (TPSA) is 58.4 Å². The predicted octanol–water partition coefficient (Wildman–Crippen LogP) is 3.30. The second-order valence-corrected chi connectivity index (χ2v) is 7.31. The van der Waals surface area contributed by atoms with Crippen LogP contribution in [0.2, 0.25) is 0 Å². The van der Waals surface area contributed by atoms with Crippen molar-refractivity contribution >= 4 is 5.97 Å². The highest BCUT2D eigenvalue weighted by atomic mass is 16.4. The third-order valence-corrected chi connectivity index (χ3v) is 5.59. The largest absolute Gasteiger partial charge is 0.478 e. The minimum atomic E-state index is -0.908. The number of carbonyl (C=O) groups is 1. The summed E-state index contributed by atoms with van der Waals surface area (Å²) in [6.07, 6.45) is 10.4. The highest BCUT2D eigenvalue weighted by Crippen LogP contribution is 2.28. The Hall–Kier alpha value is -2.14. The zero-order chi connectivity index (χ0) is 17.2. The Morgan fingerprint density at radius 1 is 1.24 bits per heavy atom. The number of benzene rings is 1. The number of hydrogen-bond acceptors (Lipinski definition) is 3. The van der Waals surface area contributed by atoms with E-state index < -0.39 is 5.97 Å². The number of carboxylic acid groups (broad SMARTS) is 1. The van der Waals surface area contributed by atoms with Crippen molar-refractivity contribution in [1.82, 2.24) is 14.7 Å². The highest BCUT2D eigenvalue weighted by Gasteiger charge is 2.24. The standard InChI is InChI=1S/C20H25N3O2/c24-20(25)17-11-21-23(13-17)18-8-4-10-22(14-18)12-16-7-3-6-15-5-1-2-9-19(15)16/h3,6-7,11,13,18H,1-2,4-5,8-10,12,14H2,(H,24,25). The summed E-state index contributed by atoms with van der Waals surface area (Å²) >= 11 is 0. The van der Waals surface area contributed by atoms with Gasteiger partial charge in [-0.15, -0.1) is 0 Å². The molecule has 4 rings (SSSR count). The Balaban J connectivity index is 1.47. The molecule has 0 amide bonds. The molecule has 132 valence electrons. The van der Waals surface area contributed by atoms with Gasteiger partial charge in [-0.05, 0) is 61.8 Å². The summed E-state index contributed by atoms with van der Waals surface area (Å²) in [7, 11) is 0. The van der Waals surface area contributed by atoms with E-state index in [2.05, 4.69) is 28.2 Å². The van der Waals surface area contributed by atoms with E-state index in [1.807, 2.05) is 4.68 Å². The number of aryl methyl sites for hydroxylation is 1. The van der Waals surface area contributed by atoms with Crippen LogP contribution in [0.15, 0.2) is 30.6 Å². The third kappa shape index (κ3) is 3.47. The summed E-state index contributed by atoms with van der Waals surface area (Å²) in [4.78, 5) is 13.6. The van der Waals surface area contributed by atoms with E-state index in [1.165, 1.54) is 43.0 Å². The minimum absolute atomic E-state index is 0.265. The summed E-state index contributed by atoms with van der Waals surface area (Å²) in [6, 6.07) is 7.03. The van der Waals surface area contributed by atoms with Gasteiger partial charge in [-0.25, -0.2) is 4.79 Å². The summed E-state index contributed by atoms with van der Waals surface area (Å²) in [5, 5.41) is 13.4. The number of likely N-dealkylation sites (tertiary alicyclic amines) is 1. The predicted molar refractivity (Wildman–Crippen MR) is 95.8 cm³/mol. The van der Waals surface area contributed by atoms with E-state index in [1.54, 1.807) is 11.8 Å². The van der Waals surface area contributed by atoms with Gasteiger partial charge in [-0.2, -0.15) is 5.10 Å². The molecule has 1 N–H and O–H groups in total. The van der Waals surface area contributed by atoms with Gasteiger partial charge in [0.25, 0.3) is 0 Å². The SMILES string of the molecule is O=C(O)c1cnn(C2CCCN(Cc3cccc4c3CCCC4)C2)c1. The molecule has 0 spiro atoms. The number of aromatic nitrogens is 2. The lowest BCUT2D eigenvalue weighted by atomic mass is 9.88. The number of hydrogen-bond donors (Lipinski definition) is 1. The molecule has 1 aliphatic heterocycles. The van der Waals surface area contributed by atoms with Gasteiger partial charge >= 0.3 is 5.97 Å². The van der Waals surface area contributed by atoms with Crippen molar-refractivity contribution in [3.63, 3.8) is 0 Å². The second-order valence-electron chi connectivity index (χ2n) is 7.31. The lowest BCUT2D eigenvalue weighted by Gasteiger charge is -2.33. The summed E-state index contributed by atoms with van der Waals surface area (Å²) in [5.74, 6) is -0.908. The molecule has 0 bridgehead atoms. The molecule has 1 aromatic heterocycles. The molecule has 5 heteroatoms. The van der Waals surface area contributed by atoms with E-state index in [-0.39, 0.29) is 11.6 Å². The van der Waals surface area contributed by atoms with E-state index in [0.717, 1.165) is 32.5 Å². The van der Waals surface area contributed by atoms with E-state index in [0.29, 0.717) is 0 Å². The zero-order valence-electron chi connectivity index (χ0n) is 14.5. The molecule has 0 radical (unpaired) electrons. The number of aromatic carboxylic acids is 1. The molecule has 0 saturated carbocycles. The fourth-order valence-electron chi connectivity index (χ4n) is 4.29. The van der Waals surface area contributed by atoms with Crippen LogP contribution in [0.3, 0.4) is 0 Å². The van der Waals surface area contributed by atoms with Crippen molar-refractivity contribution in [3.8, 4) is 0 Å². The van der Waals surface area contributed by atoms with Crippen LogP contribution < -0.4 is 0 Å². The normalized spacial score (nSPS) is 21.0. The van der Waals surface area contributed by atoms with E-state index in [9.17, 15) is 4.79 Å². The fraction of sp³-hybridized carbons (Fsp3) is 0.500. The van der Waals surface area contributed by atoms with Crippen molar-refractivity contribution in [1.29, 1.82) is 0 Å². The smallest absolute Gasteiger partial charge is 0.338 e. The highest BCUT2D eigenvalue weighted by molar-refractivity contribution is 5.86. The quantitative estimate of drug-likeness (QED) is 0.928. The summed E-state index contributed by atoms with van der Waals surface area (Å²) < 4.78 is 1.84. The average molecular weight is 339 g/mol. The maximum atomic E-state index is 11.1. The van der Waals surface area contributed by atoms with Crippen molar-refractivity contribution in [2.75, 3.05) is 13.1 Å². The first-order valence-electron chi connectivity index (χ1n) is 9.30. The van der Waals surface area contributed by atoms with Crippen LogP contribution >= 0.6 is 0 Å². The molecule has 1 aliphatic carbocycles. The van der Waals surface area contributed by atoms with Crippen LogP contribution in [0, 0.1) is 0 Å². The van der Waals surface area contributed by atoms with Gasteiger partial charge in [0.2, 0.25) is 0 Å². The molecule has 5 nitrogen and oxygen atoms in total. The first-order chi connectivity index (χ1) is 12.2. The summed E-state index contributed by atoms with van der Waals surface area (Å²) in [6.45, 7) is 3.03. The third-order valence-electron chi connectivity index (χ3n) is 5.59. The fourth-order valence-corrected chi connectivity index (χ4v) is 4.29. The molecule has 2 aromatic rings. The Kier molecular flexibility index (Phi) is 4.57. The van der Waals surface area contributed by atoms with Crippen LogP contribution in [0.4, 0.5) is 0 Å². The van der Waals surface area contributed by atoms with Crippen molar-refractivity contribution in [2.45, 2.75) is 51.1 Å². The van der Waals surface area contributed by atoms with Gasteiger partial charge in [-0.1, -0.05) is 18.2 Å². The Labute approximate surface area is 148 Å². The molecule has 2 aliphatic rings. The van der Waals surface area contributed by atoms with Crippen molar-refractivity contribution < 1.29 is 9.90 Å². The Morgan fingerprint density at radius 2 is 2.12 bits per heavy atom. The molecule has 1 aromatic carbocycles. The zero-order valence-corrected chi connectivity index (χ0v) is 14.5. The lowest BCUT2D eigenvalue weighted by molar-refractivity contribution is 0.0696. The Morgan fingerprint density at radius 3 is 2.96 bits per heavy atom. The number of carboxylic acids is 1. The van der Waals surface area contributed by atoms with Crippen LogP contribution in [0.5, 0.6) is 0 Å². The van der Waals surface area contributed by atoms with Gasteiger partial charge in [0, 0.05) is 19.3 Å². The van der Waals surface area contributed by atoms with Gasteiger partial charge in [0.15, 0.2) is 0 Å². The van der Waals surface area contributed by atoms with Gasteiger partial charge < -0.3 is 5.11 Å². The van der Waals surface area contributed by atoms with Gasteiger partial charge in [0.1, 0.15) is 0 Å². The second kappa shape index (κ2) is 7.00. The number of fused-ring (bicyclic) bond motifs is 1. The van der Waals surface area contributed by atoms with E-state index >= 15 is 0 Å². The Bertz CT molecular complexity index is 768. The molecule has 1 fully saturated rings. The van der Waals surface area contributed by atoms with Crippen LogP contribution in [0.1, 0.15) is 58.8 Å². The molecular weight excluding hydrogens is 314 g/mol. The molecule has 2 heterocycles. The van der Waals surface area contributed by atoms with E-state index in [4.69, 9.17) is 5.11 Å². The molecule has 1 atom stereocenters. The maximum Gasteiger partial charge on any atom is 0.338 e. The average Bonchev–Trinajstić information content (AvgIpc) is 3.13. The van der Waals surface area contributed by atoms with Gasteiger partial charge in [-0.3, -0.25) is 9.58 Å². The molecular formula is C20H25N3O2. The number of nitrogens with zero attached hydrogens (tertiary/aromatic N) is 3. The minimum Gasteiger partial charge on any atom is -0.478 e. The van der Waals surface area contributed by atoms with Gasteiger partial charge in [0.05, 0.1) is 17.8 Å². The molecule has 1 saturated heterocycles. The van der Waals surface area contributed by atoms with Crippen molar-refractivity contribution in [2.24, 2.45) is 0 Å². The molecule has 25 heavy (non-hydrogen) atoms. The monoisotopic (exact) mass is 339 g/mol. The van der Waals surface area contributed by atoms with Crippen LogP contribution in [0.25, 0.3) is 0 Å². The summed E-state index contributed by atoms with van der Waals surface area (Å²) in [5.41, 5.74) is 4.86. The van der Waals surface area contributed by atoms with Crippen LogP contribution in [-0.2, 0) is 19.4 Å². The number of piperidine rings is 1. The molecule has 1 unspecified atom stereocenters. The number of rotatable bonds is 4. The van der Waals surface area contributed by atoms with Crippen molar-refractivity contribution in [3.05, 3.63) is 52.8 Å². The first-order valence-corrected chi connectivity index (χ1v) is 9.30.